The van der Waals surface area contributed by atoms with Gasteiger partial charge in [-0.1, -0.05) is 23.7 Å². The van der Waals surface area contributed by atoms with E-state index in [9.17, 15) is 9.18 Å². The zero-order valence-corrected chi connectivity index (χ0v) is 23.7. The maximum atomic E-state index is 14.8. The van der Waals surface area contributed by atoms with Gasteiger partial charge in [0.1, 0.15) is 11.6 Å². The summed E-state index contributed by atoms with van der Waals surface area (Å²) < 4.78 is 20.5. The first-order chi connectivity index (χ1) is 18.8. The van der Waals surface area contributed by atoms with Crippen LogP contribution in [0.2, 0.25) is 0 Å². The van der Waals surface area contributed by atoms with E-state index in [0.717, 1.165) is 59.4 Å². The van der Waals surface area contributed by atoms with Crippen molar-refractivity contribution in [3.63, 3.8) is 0 Å². The molecule has 0 saturated heterocycles. The Kier molecular flexibility index (Phi) is 8.06. The monoisotopic (exact) mass is 547 g/mol. The number of ether oxygens (including phenoxy) is 1. The molecule has 1 fully saturated rings. The number of rotatable bonds is 7. The predicted octanol–water partition coefficient (Wildman–Crippen LogP) is 6.58. The van der Waals surface area contributed by atoms with E-state index in [1.165, 1.54) is 6.07 Å². The van der Waals surface area contributed by atoms with E-state index in [-0.39, 0.29) is 24.2 Å². The van der Waals surface area contributed by atoms with Crippen molar-refractivity contribution in [2.24, 2.45) is 0 Å². The molecule has 2 aromatic carbocycles. The lowest BCUT2D eigenvalue weighted by atomic mass is 9.89. The Morgan fingerprint density at radius 2 is 1.85 bits per heavy atom. The topological polar surface area (TPSA) is 54.5 Å². The van der Waals surface area contributed by atoms with Crippen LogP contribution >= 0.6 is 11.6 Å². The second kappa shape index (κ2) is 11.5. The average molecular weight is 548 g/mol. The van der Waals surface area contributed by atoms with Crippen molar-refractivity contribution in [1.82, 2.24) is 15.2 Å². The van der Waals surface area contributed by atoms with Crippen molar-refractivity contribution in [3.8, 4) is 16.9 Å². The number of benzene rings is 2. The molecule has 1 saturated carbocycles. The normalized spacial score (nSPS) is 18.7. The highest BCUT2D eigenvalue weighted by molar-refractivity contribution is 6.52. The molecule has 0 unspecified atom stereocenters. The van der Waals surface area contributed by atoms with Gasteiger partial charge in [0, 0.05) is 59.2 Å². The summed E-state index contributed by atoms with van der Waals surface area (Å²) in [6.45, 7) is 4.25. The minimum atomic E-state index is -0.320. The van der Waals surface area contributed by atoms with Gasteiger partial charge in [0.05, 0.1) is 12.1 Å². The van der Waals surface area contributed by atoms with Crippen molar-refractivity contribution in [2.45, 2.75) is 64.6 Å². The molecule has 0 bridgehead atoms. The molecule has 2 aliphatic rings. The maximum Gasteiger partial charge on any atom is 0.252 e. The molecule has 5 nitrogen and oxygen atoms in total. The van der Waals surface area contributed by atoms with Crippen LogP contribution in [-0.2, 0) is 17.8 Å². The first-order valence-corrected chi connectivity index (χ1v) is 13.9. The standard InChI is InChI=1S/C32H35ClFN3O2/c1-19-5-11-28(34)26-17-27(31(33)30(19)26)32(38)37(25-9-7-24(35-3)8-10-25)18-23-16-21(6-12-29(23)39-4)22-13-14-36-20(2)15-22/h5-6,11-16,24-25,35H,7-10,17-18H2,1-4H3. The maximum absolute atomic E-state index is 14.8. The van der Waals surface area contributed by atoms with Gasteiger partial charge in [0.15, 0.2) is 0 Å². The molecular weight excluding hydrogens is 513 g/mol. The van der Waals surface area contributed by atoms with Crippen LogP contribution in [0.5, 0.6) is 5.75 Å². The summed E-state index contributed by atoms with van der Waals surface area (Å²) in [5.74, 6) is 0.276. The van der Waals surface area contributed by atoms with Crippen molar-refractivity contribution < 1.29 is 13.9 Å². The molecule has 0 aliphatic heterocycles. The Hall–Kier alpha value is -3.22. The summed E-state index contributed by atoms with van der Waals surface area (Å²) >= 11 is 6.82. The first-order valence-electron chi connectivity index (χ1n) is 13.6. The zero-order valence-electron chi connectivity index (χ0n) is 23.0. The predicted molar refractivity (Wildman–Crippen MR) is 154 cm³/mol. The third-order valence-electron chi connectivity index (χ3n) is 8.22. The lowest BCUT2D eigenvalue weighted by Gasteiger charge is -2.37. The summed E-state index contributed by atoms with van der Waals surface area (Å²) in [5, 5.41) is 3.75. The fraction of sp³-hybridized carbons (Fsp3) is 0.375. The number of hydrogen-bond donors (Lipinski definition) is 1. The Morgan fingerprint density at radius 3 is 2.51 bits per heavy atom. The van der Waals surface area contributed by atoms with Crippen molar-refractivity contribution in [3.05, 3.63) is 88.0 Å². The molecule has 1 heterocycles. The SMILES string of the molecule is CNC1CCC(N(Cc2cc(-c3ccnc(C)c3)ccc2OC)C(=O)C2=C(Cl)c3c(C)ccc(F)c3C2)CC1. The quantitative estimate of drug-likeness (QED) is 0.363. The molecule has 3 aromatic rings. The Labute approximate surface area is 235 Å². The van der Waals surface area contributed by atoms with Gasteiger partial charge in [-0.2, -0.15) is 0 Å². The summed E-state index contributed by atoms with van der Waals surface area (Å²) in [6.07, 6.45) is 5.74. The molecule has 0 spiro atoms. The van der Waals surface area contributed by atoms with Crippen LogP contribution in [0.3, 0.4) is 0 Å². The van der Waals surface area contributed by atoms with Crippen LogP contribution in [0.15, 0.2) is 54.2 Å². The first kappa shape index (κ1) is 27.4. The van der Waals surface area contributed by atoms with E-state index >= 15 is 0 Å². The number of aromatic nitrogens is 1. The minimum absolute atomic E-state index is 0.0465. The molecule has 1 N–H and O–H groups in total. The van der Waals surface area contributed by atoms with Crippen molar-refractivity contribution >= 4 is 22.5 Å². The number of amides is 1. The highest BCUT2D eigenvalue weighted by Crippen LogP contribution is 2.41. The molecule has 39 heavy (non-hydrogen) atoms. The van der Waals surface area contributed by atoms with Gasteiger partial charge in [-0.25, -0.2) is 4.39 Å². The highest BCUT2D eigenvalue weighted by Gasteiger charge is 2.35. The van der Waals surface area contributed by atoms with Crippen LogP contribution in [0.25, 0.3) is 16.2 Å². The second-order valence-electron chi connectivity index (χ2n) is 10.6. The van der Waals surface area contributed by atoms with E-state index in [1.54, 1.807) is 19.4 Å². The lowest BCUT2D eigenvalue weighted by Crippen LogP contribution is -2.45. The van der Waals surface area contributed by atoms with Crippen LogP contribution in [0, 0.1) is 19.7 Å². The Bertz CT molecular complexity index is 1430. The molecule has 1 amide bonds. The van der Waals surface area contributed by atoms with Crippen molar-refractivity contribution in [1.29, 1.82) is 0 Å². The molecule has 204 valence electrons. The van der Waals surface area contributed by atoms with E-state index in [1.807, 2.05) is 50.1 Å². The smallest absolute Gasteiger partial charge is 0.252 e. The van der Waals surface area contributed by atoms with Gasteiger partial charge in [-0.3, -0.25) is 9.78 Å². The number of aryl methyl sites for hydroxylation is 2. The number of carbonyl (C=O) groups is 1. The van der Waals surface area contributed by atoms with Gasteiger partial charge in [0.25, 0.3) is 5.91 Å². The molecule has 0 atom stereocenters. The van der Waals surface area contributed by atoms with Gasteiger partial charge in [-0.15, -0.1) is 0 Å². The van der Waals surface area contributed by atoms with Crippen LogP contribution in [0.1, 0.15) is 53.6 Å². The largest absolute Gasteiger partial charge is 0.496 e. The minimum Gasteiger partial charge on any atom is -0.496 e. The fourth-order valence-electron chi connectivity index (χ4n) is 6.00. The summed E-state index contributed by atoms with van der Waals surface area (Å²) in [6, 6.07) is 13.8. The highest BCUT2D eigenvalue weighted by atomic mass is 35.5. The summed E-state index contributed by atoms with van der Waals surface area (Å²) in [4.78, 5) is 20.6. The number of fused-ring (bicyclic) bond motifs is 1. The third-order valence-corrected chi connectivity index (χ3v) is 8.63. The zero-order chi connectivity index (χ0) is 27.7. The number of nitrogens with zero attached hydrogens (tertiary/aromatic N) is 2. The van der Waals surface area contributed by atoms with Gasteiger partial charge >= 0.3 is 0 Å². The number of pyridine rings is 1. The van der Waals surface area contributed by atoms with Gasteiger partial charge < -0.3 is 15.0 Å². The van der Waals surface area contributed by atoms with Gasteiger partial charge in [-0.05, 0) is 93.6 Å². The number of methoxy groups -OCH3 is 1. The van der Waals surface area contributed by atoms with Crippen LogP contribution in [0.4, 0.5) is 4.39 Å². The molecule has 7 heteroatoms. The van der Waals surface area contributed by atoms with E-state index < -0.39 is 0 Å². The third kappa shape index (κ3) is 5.45. The number of hydrogen-bond acceptors (Lipinski definition) is 4. The molecule has 2 aliphatic carbocycles. The molecule has 5 rings (SSSR count). The van der Waals surface area contributed by atoms with Crippen molar-refractivity contribution in [2.75, 3.05) is 14.2 Å². The summed E-state index contributed by atoms with van der Waals surface area (Å²) in [5.41, 5.74) is 6.46. The van der Waals surface area contributed by atoms with E-state index in [0.29, 0.717) is 34.3 Å². The molecular formula is C32H35ClFN3O2. The average Bonchev–Trinajstić information content (AvgIpc) is 3.31. The lowest BCUT2D eigenvalue weighted by molar-refractivity contribution is -0.130. The fourth-order valence-corrected chi connectivity index (χ4v) is 6.41. The second-order valence-corrected chi connectivity index (χ2v) is 11.0. The van der Waals surface area contributed by atoms with Crippen LogP contribution < -0.4 is 10.1 Å². The number of carbonyl (C=O) groups excluding carboxylic acids is 1. The molecule has 0 radical (unpaired) electrons. The van der Waals surface area contributed by atoms with Crippen LogP contribution in [-0.4, -0.2) is 42.0 Å². The Morgan fingerprint density at radius 1 is 1.10 bits per heavy atom. The number of halogens is 2. The van der Waals surface area contributed by atoms with Gasteiger partial charge in [0.2, 0.25) is 0 Å². The van der Waals surface area contributed by atoms with E-state index in [4.69, 9.17) is 16.3 Å². The number of nitrogens with one attached hydrogen (secondary N) is 1. The molecule has 1 aromatic heterocycles. The van der Waals surface area contributed by atoms with E-state index in [2.05, 4.69) is 16.4 Å². The Balaban J connectivity index is 1.52. The summed E-state index contributed by atoms with van der Waals surface area (Å²) in [7, 11) is 3.64.